The van der Waals surface area contributed by atoms with Crippen molar-refractivity contribution in [3.63, 3.8) is 0 Å². The predicted molar refractivity (Wildman–Crippen MR) is 96.8 cm³/mol. The molecule has 0 fully saturated rings. The first-order chi connectivity index (χ1) is 10.9. The molecule has 1 N–H and O–H groups in total. The number of nitrogens with zero attached hydrogens (tertiary/aromatic N) is 1. The van der Waals surface area contributed by atoms with Crippen LogP contribution in [0.3, 0.4) is 0 Å². The molecule has 0 aromatic heterocycles. The van der Waals surface area contributed by atoms with Crippen molar-refractivity contribution in [2.24, 2.45) is 4.99 Å². The summed E-state index contributed by atoms with van der Waals surface area (Å²) in [5, 5.41) is 3.47. The second kappa shape index (κ2) is 6.26. The molecule has 0 bridgehead atoms. The largest absolute Gasteiger partial charge is 0.348 e. The Morgan fingerprint density at radius 1 is 1.17 bits per heavy atom. The molecule has 1 heterocycles. The maximum atomic E-state index is 14.3. The minimum Gasteiger partial charge on any atom is -0.348 e. The fourth-order valence-corrected chi connectivity index (χ4v) is 3.21. The summed E-state index contributed by atoms with van der Waals surface area (Å²) in [4.78, 5) is 4.90. The number of fused-ring (bicyclic) bond motifs is 1. The maximum Gasteiger partial charge on any atom is 0.135 e. The van der Waals surface area contributed by atoms with E-state index in [1.165, 1.54) is 18.2 Å². The number of hydrogen-bond acceptors (Lipinski definition) is 2. The molecule has 2 aromatic carbocycles. The number of thiocarbonyl (C=S) groups is 1. The zero-order chi connectivity index (χ0) is 16.7. The van der Waals surface area contributed by atoms with Gasteiger partial charge in [-0.2, -0.15) is 0 Å². The standard InChI is InChI=1S/C16H10BrClF2N2S/c1-7-16(23)22-11-6-5-8(18)14(17)13(11)15(21-7)12-9(19)3-2-4-10(12)20/h2-7H,1H3,(H,22,23)/t7-/m0/s1. The minimum absolute atomic E-state index is 0.171. The molecule has 0 saturated carbocycles. The van der Waals surface area contributed by atoms with Crippen molar-refractivity contribution in [3.8, 4) is 0 Å². The number of benzodiazepines with no additional fused rings is 1. The van der Waals surface area contributed by atoms with Crippen molar-refractivity contribution in [2.75, 3.05) is 5.32 Å². The summed E-state index contributed by atoms with van der Waals surface area (Å²) >= 11 is 14.8. The van der Waals surface area contributed by atoms with Gasteiger partial charge in [0.1, 0.15) is 16.6 Å². The van der Waals surface area contributed by atoms with Crippen molar-refractivity contribution in [1.29, 1.82) is 0 Å². The van der Waals surface area contributed by atoms with E-state index in [1.54, 1.807) is 19.1 Å². The summed E-state index contributed by atoms with van der Waals surface area (Å²) < 4.78 is 29.1. The lowest BCUT2D eigenvalue weighted by atomic mass is 9.99. The third kappa shape index (κ3) is 2.91. The van der Waals surface area contributed by atoms with Gasteiger partial charge in [-0.3, -0.25) is 4.99 Å². The van der Waals surface area contributed by atoms with Crippen molar-refractivity contribution >= 4 is 56.1 Å². The molecule has 23 heavy (non-hydrogen) atoms. The van der Waals surface area contributed by atoms with Gasteiger partial charge in [-0.1, -0.05) is 29.9 Å². The zero-order valence-electron chi connectivity index (χ0n) is 11.8. The van der Waals surface area contributed by atoms with Crippen molar-refractivity contribution in [2.45, 2.75) is 13.0 Å². The van der Waals surface area contributed by atoms with Gasteiger partial charge in [0.15, 0.2) is 0 Å². The molecule has 0 aliphatic carbocycles. The fourth-order valence-electron chi connectivity index (χ4n) is 2.35. The van der Waals surface area contributed by atoms with Crippen LogP contribution in [-0.4, -0.2) is 16.7 Å². The highest BCUT2D eigenvalue weighted by molar-refractivity contribution is 9.10. The molecule has 2 nitrogen and oxygen atoms in total. The van der Waals surface area contributed by atoms with Crippen LogP contribution < -0.4 is 5.32 Å². The molecular formula is C16H10BrClF2N2S. The highest BCUT2D eigenvalue weighted by Crippen LogP contribution is 2.36. The number of hydrogen-bond donors (Lipinski definition) is 1. The SMILES string of the molecule is C[C@@H]1N=C(c2c(F)cccc2F)c2c(ccc(Cl)c2Br)NC1=S. The fraction of sp³-hybridized carbons (Fsp3) is 0.125. The first-order valence-corrected chi connectivity index (χ1v) is 8.29. The van der Waals surface area contributed by atoms with Crippen LogP contribution in [0.25, 0.3) is 0 Å². The lowest BCUT2D eigenvalue weighted by molar-refractivity contribution is 0.579. The maximum absolute atomic E-state index is 14.3. The van der Waals surface area contributed by atoms with Crippen LogP contribution >= 0.6 is 39.7 Å². The first kappa shape index (κ1) is 16.5. The highest BCUT2D eigenvalue weighted by Gasteiger charge is 2.27. The van der Waals surface area contributed by atoms with Gasteiger partial charge < -0.3 is 5.32 Å². The molecule has 0 saturated heterocycles. The van der Waals surface area contributed by atoms with E-state index in [4.69, 9.17) is 23.8 Å². The lowest BCUT2D eigenvalue weighted by Crippen LogP contribution is -2.20. The Bertz CT molecular complexity index is 834. The number of benzene rings is 2. The Morgan fingerprint density at radius 2 is 1.83 bits per heavy atom. The molecular weight excluding hydrogens is 406 g/mol. The van der Waals surface area contributed by atoms with Crippen LogP contribution in [0.4, 0.5) is 14.5 Å². The normalized spacial score (nSPS) is 17.2. The van der Waals surface area contributed by atoms with E-state index in [0.29, 0.717) is 25.7 Å². The Balaban J connectivity index is 2.38. The molecule has 3 rings (SSSR count). The number of aliphatic imine (C=N–C) groups is 1. The molecule has 118 valence electrons. The second-order valence-corrected chi connectivity index (χ2v) is 6.66. The number of nitrogens with one attached hydrogen (secondary N) is 1. The number of halogens is 4. The van der Waals surface area contributed by atoms with Gasteiger partial charge >= 0.3 is 0 Å². The van der Waals surface area contributed by atoms with Gasteiger partial charge in [0.05, 0.1) is 22.3 Å². The van der Waals surface area contributed by atoms with Crippen LogP contribution in [0.1, 0.15) is 18.1 Å². The number of rotatable bonds is 1. The summed E-state index contributed by atoms with van der Waals surface area (Å²) in [6.07, 6.45) is 0. The molecule has 0 unspecified atom stereocenters. The molecule has 1 aliphatic heterocycles. The van der Waals surface area contributed by atoms with Crippen molar-refractivity contribution in [3.05, 3.63) is 62.6 Å². The molecule has 7 heteroatoms. The van der Waals surface area contributed by atoms with Crippen LogP contribution in [-0.2, 0) is 0 Å². The van der Waals surface area contributed by atoms with E-state index in [9.17, 15) is 8.78 Å². The molecule has 1 atom stereocenters. The molecule has 0 radical (unpaired) electrons. The second-order valence-electron chi connectivity index (χ2n) is 5.02. The van der Waals surface area contributed by atoms with E-state index in [-0.39, 0.29) is 11.3 Å². The van der Waals surface area contributed by atoms with Crippen LogP contribution in [0.15, 0.2) is 39.8 Å². The van der Waals surface area contributed by atoms with E-state index in [1.807, 2.05) is 0 Å². The Morgan fingerprint density at radius 3 is 2.48 bits per heavy atom. The van der Waals surface area contributed by atoms with Crippen LogP contribution in [0.5, 0.6) is 0 Å². The summed E-state index contributed by atoms with van der Waals surface area (Å²) in [6, 6.07) is 6.65. The van der Waals surface area contributed by atoms with E-state index >= 15 is 0 Å². The Hall–Kier alpha value is -1.37. The monoisotopic (exact) mass is 414 g/mol. The summed E-state index contributed by atoms with van der Waals surface area (Å²) in [6.45, 7) is 1.76. The van der Waals surface area contributed by atoms with Gasteiger partial charge in [0.2, 0.25) is 0 Å². The van der Waals surface area contributed by atoms with E-state index in [2.05, 4.69) is 26.2 Å². The van der Waals surface area contributed by atoms with Gasteiger partial charge in [0, 0.05) is 15.7 Å². The topological polar surface area (TPSA) is 24.4 Å². The van der Waals surface area contributed by atoms with Crippen LogP contribution in [0.2, 0.25) is 5.02 Å². The zero-order valence-corrected chi connectivity index (χ0v) is 15.0. The minimum atomic E-state index is -0.693. The average molecular weight is 416 g/mol. The number of anilines is 1. The third-order valence-corrected chi connectivity index (χ3v) is 5.30. The van der Waals surface area contributed by atoms with Gasteiger partial charge in [-0.25, -0.2) is 8.78 Å². The average Bonchev–Trinajstić information content (AvgIpc) is 2.61. The van der Waals surface area contributed by atoms with Gasteiger partial charge in [-0.15, -0.1) is 0 Å². The Kier molecular flexibility index (Phi) is 4.49. The molecule has 1 aliphatic rings. The van der Waals surface area contributed by atoms with E-state index < -0.39 is 17.7 Å². The van der Waals surface area contributed by atoms with E-state index in [0.717, 1.165) is 0 Å². The smallest absolute Gasteiger partial charge is 0.135 e. The van der Waals surface area contributed by atoms with Gasteiger partial charge in [0.25, 0.3) is 0 Å². The predicted octanol–water partition coefficient (Wildman–Crippen LogP) is 5.36. The summed E-state index contributed by atoms with van der Waals surface area (Å²) in [5.74, 6) is -1.39. The Labute approximate surface area is 150 Å². The molecule has 2 aromatic rings. The van der Waals surface area contributed by atoms with Gasteiger partial charge in [-0.05, 0) is 47.1 Å². The van der Waals surface area contributed by atoms with Crippen molar-refractivity contribution in [1.82, 2.24) is 0 Å². The third-order valence-electron chi connectivity index (χ3n) is 3.49. The highest BCUT2D eigenvalue weighted by atomic mass is 79.9. The summed E-state index contributed by atoms with van der Waals surface area (Å²) in [5.41, 5.74) is 1.05. The molecule has 0 amide bonds. The van der Waals surface area contributed by atoms with Crippen LogP contribution in [0, 0.1) is 11.6 Å². The van der Waals surface area contributed by atoms with Crippen molar-refractivity contribution < 1.29 is 8.78 Å². The molecule has 0 spiro atoms. The summed E-state index contributed by atoms with van der Waals surface area (Å²) in [7, 11) is 0. The quantitative estimate of drug-likeness (QED) is 0.634. The lowest BCUT2D eigenvalue weighted by Gasteiger charge is -2.14. The first-order valence-electron chi connectivity index (χ1n) is 6.71.